The summed E-state index contributed by atoms with van der Waals surface area (Å²) in [6.07, 6.45) is -1.41. The molecular formula is C17H27N3O4S. The molecule has 1 heterocycles. The van der Waals surface area contributed by atoms with Crippen LogP contribution in [0.5, 0.6) is 0 Å². The zero-order valence-corrected chi connectivity index (χ0v) is 16.7. The third-order valence-corrected chi connectivity index (χ3v) is 3.60. The molecule has 1 aromatic rings. The second-order valence-electron chi connectivity index (χ2n) is 7.45. The van der Waals surface area contributed by atoms with E-state index in [1.807, 2.05) is 18.4 Å². The normalized spacial score (nSPS) is 11.5. The maximum atomic E-state index is 12.0. The van der Waals surface area contributed by atoms with Gasteiger partial charge in [0.2, 0.25) is 5.96 Å². The average molecular weight is 369 g/mol. The topological polar surface area (TPSA) is 89.0 Å². The molecule has 7 nitrogen and oxygen atoms in total. The van der Waals surface area contributed by atoms with Crippen LogP contribution in [0.25, 0.3) is 0 Å². The number of hydrogen-bond acceptors (Lipinski definition) is 6. The number of ether oxygens (including phenoxy) is 2. The smallest absolute Gasteiger partial charge is 0.414 e. The number of alkyl carbamates (subject to hydrolysis) is 2. The molecule has 0 saturated carbocycles. The van der Waals surface area contributed by atoms with E-state index in [2.05, 4.69) is 15.6 Å². The Balaban J connectivity index is 2.84. The molecule has 0 saturated heterocycles. The third kappa shape index (κ3) is 9.09. The van der Waals surface area contributed by atoms with Crippen LogP contribution in [0.2, 0.25) is 0 Å². The van der Waals surface area contributed by atoms with Crippen LogP contribution in [-0.4, -0.2) is 29.3 Å². The first-order valence-corrected chi connectivity index (χ1v) is 8.81. The van der Waals surface area contributed by atoms with Crippen LogP contribution < -0.4 is 10.6 Å². The molecular weight excluding hydrogens is 342 g/mol. The van der Waals surface area contributed by atoms with Crippen LogP contribution in [0.1, 0.15) is 52.0 Å². The third-order valence-electron chi connectivity index (χ3n) is 2.59. The summed E-state index contributed by atoms with van der Waals surface area (Å²) in [6.45, 7) is 12.8. The van der Waals surface area contributed by atoms with Crippen molar-refractivity contribution in [1.82, 2.24) is 10.6 Å². The Labute approximate surface area is 152 Å². The Bertz CT molecular complexity index is 607. The molecule has 1 aromatic heterocycles. The number of nitrogens with one attached hydrogen (secondary N) is 2. The van der Waals surface area contributed by atoms with Crippen molar-refractivity contribution < 1.29 is 19.1 Å². The molecule has 25 heavy (non-hydrogen) atoms. The van der Waals surface area contributed by atoms with Gasteiger partial charge in [-0.3, -0.25) is 10.6 Å². The van der Waals surface area contributed by atoms with Crippen molar-refractivity contribution in [3.63, 3.8) is 0 Å². The van der Waals surface area contributed by atoms with Gasteiger partial charge in [0.05, 0.1) is 6.54 Å². The van der Waals surface area contributed by atoms with Crippen molar-refractivity contribution in [2.45, 2.75) is 66.2 Å². The van der Waals surface area contributed by atoms with Gasteiger partial charge in [-0.05, 0) is 65.5 Å². The number of carbonyl (C=O) groups excluding carboxylic acids is 2. The number of hydrogen-bond donors (Lipinski definition) is 2. The van der Waals surface area contributed by atoms with Crippen molar-refractivity contribution in [2.24, 2.45) is 4.99 Å². The van der Waals surface area contributed by atoms with E-state index in [1.54, 1.807) is 52.9 Å². The predicted molar refractivity (Wildman–Crippen MR) is 98.9 cm³/mol. The highest BCUT2D eigenvalue weighted by atomic mass is 32.1. The number of carbonyl (C=O) groups is 2. The SMILES string of the molecule is Cc1ccsc1CN=C(NC(=O)OC(C)(C)C)NC(=O)OC(C)(C)C. The van der Waals surface area contributed by atoms with Crippen LogP contribution in [0, 0.1) is 6.92 Å². The molecule has 0 radical (unpaired) electrons. The van der Waals surface area contributed by atoms with E-state index in [0.717, 1.165) is 10.4 Å². The Morgan fingerprint density at radius 2 is 1.52 bits per heavy atom. The van der Waals surface area contributed by atoms with Crippen molar-refractivity contribution in [2.75, 3.05) is 0 Å². The molecule has 0 unspecified atom stereocenters. The molecule has 2 N–H and O–H groups in total. The minimum Gasteiger partial charge on any atom is -0.444 e. The second-order valence-corrected chi connectivity index (χ2v) is 8.45. The van der Waals surface area contributed by atoms with E-state index >= 15 is 0 Å². The van der Waals surface area contributed by atoms with Crippen LogP contribution in [0.15, 0.2) is 16.4 Å². The zero-order valence-electron chi connectivity index (χ0n) is 15.9. The molecule has 8 heteroatoms. The molecule has 0 atom stereocenters. The minimum atomic E-state index is -0.704. The summed E-state index contributed by atoms with van der Waals surface area (Å²) < 4.78 is 10.4. The number of guanidine groups is 1. The van der Waals surface area contributed by atoms with Crippen LogP contribution in [-0.2, 0) is 16.0 Å². The van der Waals surface area contributed by atoms with E-state index in [1.165, 1.54) is 0 Å². The van der Waals surface area contributed by atoms with Crippen molar-refractivity contribution in [1.29, 1.82) is 0 Å². The Morgan fingerprint density at radius 3 is 1.88 bits per heavy atom. The molecule has 0 aliphatic rings. The summed E-state index contributed by atoms with van der Waals surface area (Å²) in [6, 6.07) is 1.98. The first kappa shape index (κ1) is 21.0. The van der Waals surface area contributed by atoms with E-state index in [-0.39, 0.29) is 5.96 Å². The van der Waals surface area contributed by atoms with Gasteiger partial charge in [-0.25, -0.2) is 14.6 Å². The van der Waals surface area contributed by atoms with Gasteiger partial charge in [-0.1, -0.05) is 0 Å². The number of rotatable bonds is 2. The Hall–Kier alpha value is -2.09. The first-order valence-electron chi connectivity index (χ1n) is 7.93. The van der Waals surface area contributed by atoms with Gasteiger partial charge in [-0.2, -0.15) is 0 Å². The molecule has 0 spiro atoms. The molecule has 1 rings (SSSR count). The Kier molecular flexibility index (Phi) is 6.98. The number of nitrogens with zero attached hydrogens (tertiary/aromatic N) is 1. The fraction of sp³-hybridized carbons (Fsp3) is 0.588. The van der Waals surface area contributed by atoms with Gasteiger partial charge in [0.1, 0.15) is 11.2 Å². The van der Waals surface area contributed by atoms with Crippen molar-refractivity contribution in [3.8, 4) is 0 Å². The molecule has 0 aromatic carbocycles. The molecule has 0 aliphatic carbocycles. The summed E-state index contributed by atoms with van der Waals surface area (Å²) in [4.78, 5) is 29.2. The Morgan fingerprint density at radius 1 is 1.04 bits per heavy atom. The van der Waals surface area contributed by atoms with Gasteiger partial charge in [0.15, 0.2) is 0 Å². The fourth-order valence-electron chi connectivity index (χ4n) is 1.63. The highest BCUT2D eigenvalue weighted by Crippen LogP contribution is 2.16. The molecule has 0 bridgehead atoms. The van der Waals surface area contributed by atoms with Crippen LogP contribution in [0.3, 0.4) is 0 Å². The molecule has 0 aliphatic heterocycles. The van der Waals surface area contributed by atoms with Gasteiger partial charge in [-0.15, -0.1) is 11.3 Å². The van der Waals surface area contributed by atoms with E-state index in [0.29, 0.717) is 6.54 Å². The minimum absolute atomic E-state index is 0.0173. The van der Waals surface area contributed by atoms with Crippen molar-refractivity contribution >= 4 is 29.5 Å². The number of thiophene rings is 1. The number of aliphatic imine (C=N–C) groups is 1. The maximum Gasteiger partial charge on any atom is 0.414 e. The number of amides is 2. The van der Waals surface area contributed by atoms with Gasteiger partial charge in [0.25, 0.3) is 0 Å². The summed E-state index contributed by atoms with van der Waals surface area (Å²) in [5.41, 5.74) is -0.223. The summed E-state index contributed by atoms with van der Waals surface area (Å²) in [5, 5.41) is 6.87. The highest BCUT2D eigenvalue weighted by molar-refractivity contribution is 7.10. The van der Waals surface area contributed by atoms with Gasteiger partial charge < -0.3 is 9.47 Å². The predicted octanol–water partition coefficient (Wildman–Crippen LogP) is 3.96. The van der Waals surface area contributed by atoms with Crippen LogP contribution >= 0.6 is 11.3 Å². The summed E-state index contributed by atoms with van der Waals surface area (Å²) in [7, 11) is 0. The molecule has 0 fully saturated rings. The molecule has 140 valence electrons. The van der Waals surface area contributed by atoms with Crippen molar-refractivity contribution in [3.05, 3.63) is 21.9 Å². The second kappa shape index (κ2) is 8.33. The first-order chi connectivity index (χ1) is 11.4. The molecule has 2 amide bonds. The number of aryl methyl sites for hydroxylation is 1. The van der Waals surface area contributed by atoms with Gasteiger partial charge in [0, 0.05) is 4.88 Å². The largest absolute Gasteiger partial charge is 0.444 e. The van der Waals surface area contributed by atoms with E-state index in [9.17, 15) is 9.59 Å². The fourth-order valence-corrected chi connectivity index (χ4v) is 2.46. The lowest BCUT2D eigenvalue weighted by molar-refractivity contribution is 0.0545. The maximum absolute atomic E-state index is 12.0. The monoisotopic (exact) mass is 369 g/mol. The summed E-state index contributed by atoms with van der Waals surface area (Å²) in [5.74, 6) is -0.0173. The van der Waals surface area contributed by atoms with Gasteiger partial charge >= 0.3 is 12.2 Å². The van der Waals surface area contributed by atoms with E-state index < -0.39 is 23.4 Å². The lowest BCUT2D eigenvalue weighted by Crippen LogP contribution is -2.47. The quantitative estimate of drug-likeness (QED) is 0.610. The van der Waals surface area contributed by atoms with Crippen LogP contribution in [0.4, 0.5) is 9.59 Å². The standard InChI is InChI=1S/C17H27N3O4S/c1-11-8-9-25-12(11)10-18-13(19-14(21)23-16(2,3)4)20-15(22)24-17(5,6)7/h8-9H,10H2,1-7H3,(H2,18,19,20,21,22). The van der Waals surface area contributed by atoms with E-state index in [4.69, 9.17) is 9.47 Å². The average Bonchev–Trinajstić information content (AvgIpc) is 2.76. The lowest BCUT2D eigenvalue weighted by Gasteiger charge is -2.22. The summed E-state index contributed by atoms with van der Waals surface area (Å²) >= 11 is 1.55. The zero-order chi connectivity index (χ0) is 19.3. The highest BCUT2D eigenvalue weighted by Gasteiger charge is 2.21. The lowest BCUT2D eigenvalue weighted by atomic mass is 10.2.